The summed E-state index contributed by atoms with van der Waals surface area (Å²) in [6, 6.07) is 27.8. The summed E-state index contributed by atoms with van der Waals surface area (Å²) >= 11 is 1.50. The van der Waals surface area contributed by atoms with Gasteiger partial charge in [-0.15, -0.1) is 11.8 Å². The van der Waals surface area contributed by atoms with Crippen molar-refractivity contribution in [3.63, 3.8) is 0 Å². The van der Waals surface area contributed by atoms with Crippen LogP contribution in [0.4, 0.5) is 0 Å². The Kier molecular flexibility index (Phi) is 5.54. The molecule has 28 heavy (non-hydrogen) atoms. The highest BCUT2D eigenvalue weighted by atomic mass is 32.2. The number of rotatable bonds is 6. The summed E-state index contributed by atoms with van der Waals surface area (Å²) in [5, 5.41) is 6.30. The normalized spacial score (nSPS) is 11.1. The molecule has 0 aliphatic rings. The van der Waals surface area contributed by atoms with E-state index in [0.717, 1.165) is 27.0 Å². The van der Waals surface area contributed by atoms with Crippen molar-refractivity contribution in [1.29, 1.82) is 0 Å². The number of furan rings is 1. The second-order valence-electron chi connectivity index (χ2n) is 6.13. The number of nitrogens with one attached hydrogen (secondary N) is 1. The van der Waals surface area contributed by atoms with E-state index >= 15 is 0 Å². The van der Waals surface area contributed by atoms with Crippen LogP contribution < -0.4 is 5.43 Å². The Morgan fingerprint density at radius 3 is 2.61 bits per heavy atom. The predicted molar refractivity (Wildman–Crippen MR) is 115 cm³/mol. The lowest BCUT2D eigenvalue weighted by molar-refractivity contribution is -0.118. The van der Waals surface area contributed by atoms with E-state index in [2.05, 4.69) is 28.7 Å². The number of benzene rings is 3. The van der Waals surface area contributed by atoms with Crippen LogP contribution in [0.2, 0.25) is 0 Å². The zero-order valence-electron chi connectivity index (χ0n) is 15.0. The minimum atomic E-state index is -0.163. The fraction of sp³-hybridized carbons (Fsp3) is 0.0435. The number of carbonyl (C=O) groups is 1. The first kappa shape index (κ1) is 18.1. The second-order valence-corrected chi connectivity index (χ2v) is 7.14. The van der Waals surface area contributed by atoms with Gasteiger partial charge in [0.2, 0.25) is 5.91 Å². The van der Waals surface area contributed by atoms with Crippen LogP contribution in [0.3, 0.4) is 0 Å². The highest BCUT2D eigenvalue weighted by Gasteiger charge is 2.06. The Bertz CT molecular complexity index is 1110. The summed E-state index contributed by atoms with van der Waals surface area (Å²) in [4.78, 5) is 13.2. The lowest BCUT2D eigenvalue weighted by Gasteiger charge is -2.05. The summed E-state index contributed by atoms with van der Waals surface area (Å²) in [6.45, 7) is 0. The Morgan fingerprint density at radius 2 is 1.71 bits per heavy atom. The molecule has 0 atom stereocenters. The smallest absolute Gasteiger partial charge is 0.250 e. The van der Waals surface area contributed by atoms with E-state index in [0.29, 0.717) is 11.5 Å². The van der Waals surface area contributed by atoms with Gasteiger partial charge in [0, 0.05) is 10.5 Å². The highest BCUT2D eigenvalue weighted by molar-refractivity contribution is 8.00. The summed E-state index contributed by atoms with van der Waals surface area (Å²) in [7, 11) is 0. The third-order valence-electron chi connectivity index (χ3n) is 4.17. The Labute approximate surface area is 167 Å². The van der Waals surface area contributed by atoms with E-state index in [1.165, 1.54) is 18.0 Å². The van der Waals surface area contributed by atoms with Crippen molar-refractivity contribution >= 4 is 34.7 Å². The Morgan fingerprint density at radius 1 is 0.929 bits per heavy atom. The molecule has 1 N–H and O–H groups in total. The van der Waals surface area contributed by atoms with Crippen molar-refractivity contribution in [2.45, 2.75) is 4.90 Å². The fourth-order valence-electron chi connectivity index (χ4n) is 2.84. The van der Waals surface area contributed by atoms with E-state index in [-0.39, 0.29) is 5.91 Å². The molecular weight excluding hydrogens is 368 g/mol. The van der Waals surface area contributed by atoms with Gasteiger partial charge in [0.15, 0.2) is 0 Å². The van der Waals surface area contributed by atoms with E-state index in [1.54, 1.807) is 0 Å². The molecule has 3 aromatic carbocycles. The predicted octanol–water partition coefficient (Wildman–Crippen LogP) is 5.34. The van der Waals surface area contributed by atoms with Gasteiger partial charge in [-0.2, -0.15) is 5.10 Å². The molecular formula is C23H18N2O2S. The molecule has 0 aliphatic heterocycles. The first-order valence-corrected chi connectivity index (χ1v) is 9.86. The number of hydrazone groups is 1. The van der Waals surface area contributed by atoms with Gasteiger partial charge in [-0.25, -0.2) is 5.43 Å². The molecule has 0 unspecified atom stereocenters. The van der Waals surface area contributed by atoms with Crippen LogP contribution in [0.15, 0.2) is 99.3 Å². The molecule has 4 rings (SSSR count). The molecule has 138 valence electrons. The summed E-state index contributed by atoms with van der Waals surface area (Å²) < 4.78 is 5.72. The quantitative estimate of drug-likeness (QED) is 0.276. The molecule has 4 aromatic rings. The lowest BCUT2D eigenvalue weighted by atomic mass is 10.1. The van der Waals surface area contributed by atoms with Gasteiger partial charge in [-0.05, 0) is 29.0 Å². The van der Waals surface area contributed by atoms with Crippen LogP contribution in [0.25, 0.3) is 22.1 Å². The van der Waals surface area contributed by atoms with E-state index < -0.39 is 0 Å². The maximum absolute atomic E-state index is 12.1. The van der Waals surface area contributed by atoms with Crippen LogP contribution in [-0.4, -0.2) is 17.9 Å². The van der Waals surface area contributed by atoms with E-state index in [9.17, 15) is 4.79 Å². The minimum absolute atomic E-state index is 0.163. The topological polar surface area (TPSA) is 54.6 Å². The molecule has 1 aromatic heterocycles. The Balaban J connectivity index is 1.33. The average Bonchev–Trinajstić information content (AvgIpc) is 3.22. The van der Waals surface area contributed by atoms with Crippen molar-refractivity contribution in [2.24, 2.45) is 5.10 Å². The third-order valence-corrected chi connectivity index (χ3v) is 5.25. The lowest BCUT2D eigenvalue weighted by Crippen LogP contribution is -2.19. The number of fused-ring (bicyclic) bond motifs is 1. The second kappa shape index (κ2) is 8.59. The molecule has 1 amide bonds. The number of nitrogens with zero attached hydrogens (tertiary/aromatic N) is 1. The summed E-state index contributed by atoms with van der Waals surface area (Å²) in [5.41, 5.74) is 3.55. The molecule has 4 nitrogen and oxygen atoms in total. The SMILES string of the molecule is O=C(CSc1cccc2ccccc12)N/N=C\c1ccc(-c2ccccc2)o1. The largest absolute Gasteiger partial charge is 0.455 e. The standard InChI is InChI=1S/C23H18N2O2S/c26-23(16-28-22-12-6-10-17-7-4-5-11-20(17)22)25-24-15-19-13-14-21(27-19)18-8-2-1-3-9-18/h1-15H,16H2,(H,25,26)/b24-15-. The van der Waals surface area contributed by atoms with Gasteiger partial charge in [-0.1, -0.05) is 66.7 Å². The molecule has 0 saturated carbocycles. The van der Waals surface area contributed by atoms with Gasteiger partial charge in [0.05, 0.1) is 12.0 Å². The van der Waals surface area contributed by atoms with Crippen molar-refractivity contribution < 1.29 is 9.21 Å². The number of amides is 1. The molecule has 0 saturated heterocycles. The van der Waals surface area contributed by atoms with Gasteiger partial charge in [0.1, 0.15) is 11.5 Å². The number of hydrogen-bond donors (Lipinski definition) is 1. The number of carbonyl (C=O) groups excluding carboxylic acids is 1. The molecule has 0 bridgehead atoms. The van der Waals surface area contributed by atoms with Crippen molar-refractivity contribution in [3.05, 3.63) is 90.7 Å². The molecule has 0 radical (unpaired) electrons. The molecule has 5 heteroatoms. The van der Waals surface area contributed by atoms with E-state index in [4.69, 9.17) is 4.42 Å². The van der Waals surface area contributed by atoms with Crippen LogP contribution in [0.1, 0.15) is 5.76 Å². The molecule has 0 fully saturated rings. The number of hydrogen-bond acceptors (Lipinski definition) is 4. The summed E-state index contributed by atoms with van der Waals surface area (Å²) in [6.07, 6.45) is 1.51. The average molecular weight is 386 g/mol. The minimum Gasteiger partial charge on any atom is -0.455 e. The monoisotopic (exact) mass is 386 g/mol. The van der Waals surface area contributed by atoms with Crippen LogP contribution in [0, 0.1) is 0 Å². The first-order chi connectivity index (χ1) is 13.8. The van der Waals surface area contributed by atoms with Crippen LogP contribution in [0.5, 0.6) is 0 Å². The third kappa shape index (κ3) is 4.32. The molecule has 0 aliphatic carbocycles. The van der Waals surface area contributed by atoms with Gasteiger partial charge < -0.3 is 4.42 Å². The molecule has 0 spiro atoms. The van der Waals surface area contributed by atoms with Crippen molar-refractivity contribution in [2.75, 3.05) is 5.75 Å². The number of thioether (sulfide) groups is 1. The van der Waals surface area contributed by atoms with E-state index in [1.807, 2.05) is 66.7 Å². The maximum Gasteiger partial charge on any atom is 0.250 e. The Hall–Kier alpha value is -3.31. The zero-order valence-corrected chi connectivity index (χ0v) is 15.9. The summed E-state index contributed by atoms with van der Waals surface area (Å²) in [5.74, 6) is 1.48. The van der Waals surface area contributed by atoms with Crippen molar-refractivity contribution in [3.8, 4) is 11.3 Å². The van der Waals surface area contributed by atoms with Gasteiger partial charge >= 0.3 is 0 Å². The van der Waals surface area contributed by atoms with Crippen molar-refractivity contribution in [1.82, 2.24) is 5.43 Å². The van der Waals surface area contributed by atoms with Gasteiger partial charge in [0.25, 0.3) is 0 Å². The molecule has 1 heterocycles. The zero-order chi connectivity index (χ0) is 19.2. The maximum atomic E-state index is 12.1. The van der Waals surface area contributed by atoms with Gasteiger partial charge in [-0.3, -0.25) is 4.79 Å². The first-order valence-electron chi connectivity index (χ1n) is 8.87. The van der Waals surface area contributed by atoms with Crippen LogP contribution >= 0.6 is 11.8 Å². The fourth-order valence-corrected chi connectivity index (χ4v) is 3.71. The van der Waals surface area contributed by atoms with Crippen LogP contribution in [-0.2, 0) is 4.79 Å². The highest BCUT2D eigenvalue weighted by Crippen LogP contribution is 2.27.